The van der Waals surface area contributed by atoms with Crippen molar-refractivity contribution >= 4 is 10.2 Å². The summed E-state index contributed by atoms with van der Waals surface area (Å²) >= 11 is 0. The molecule has 3 fully saturated rings. The lowest BCUT2D eigenvalue weighted by Crippen LogP contribution is -2.50. The second-order valence-corrected chi connectivity index (χ2v) is 7.74. The molecule has 0 aromatic heterocycles. The van der Waals surface area contributed by atoms with Gasteiger partial charge >= 0.3 is 0 Å². The molecule has 2 heterocycles. The Labute approximate surface area is 109 Å². The summed E-state index contributed by atoms with van der Waals surface area (Å²) in [6, 6.07) is 0. The molecule has 104 valence electrons. The Bertz CT molecular complexity index is 400. The number of hydrogen-bond acceptors (Lipinski definition) is 3. The average molecular weight is 274 g/mol. The highest BCUT2D eigenvalue weighted by Gasteiger charge is 2.43. The van der Waals surface area contributed by atoms with Gasteiger partial charge in [0, 0.05) is 26.2 Å². The number of ether oxygens (including phenoxy) is 1. The quantitative estimate of drug-likeness (QED) is 0.744. The topological polar surface area (TPSA) is 49.9 Å². The van der Waals surface area contributed by atoms with Crippen LogP contribution >= 0.6 is 0 Å². The summed E-state index contributed by atoms with van der Waals surface area (Å²) in [4.78, 5) is 0. The van der Waals surface area contributed by atoms with E-state index >= 15 is 0 Å². The monoisotopic (exact) mass is 274 g/mol. The zero-order valence-electron chi connectivity index (χ0n) is 10.9. The Morgan fingerprint density at radius 2 is 1.72 bits per heavy atom. The molecule has 0 amide bonds. The van der Waals surface area contributed by atoms with Crippen molar-refractivity contribution in [3.63, 3.8) is 0 Å². The highest BCUT2D eigenvalue weighted by atomic mass is 32.2. The first-order valence-electron chi connectivity index (χ1n) is 6.94. The van der Waals surface area contributed by atoms with Gasteiger partial charge in [-0.05, 0) is 31.6 Å². The Morgan fingerprint density at radius 3 is 2.33 bits per heavy atom. The van der Waals surface area contributed by atoms with Crippen LogP contribution < -0.4 is 0 Å². The fourth-order valence-electron chi connectivity index (χ4n) is 3.54. The zero-order valence-corrected chi connectivity index (χ0v) is 11.7. The molecule has 2 aliphatic heterocycles. The first kappa shape index (κ1) is 12.8. The Hall–Kier alpha value is -0.170. The molecule has 0 bridgehead atoms. The minimum Gasteiger partial charge on any atom is -0.376 e. The van der Waals surface area contributed by atoms with Crippen LogP contribution in [0.15, 0.2) is 0 Å². The highest BCUT2D eigenvalue weighted by molar-refractivity contribution is 7.86. The third kappa shape index (κ3) is 2.19. The number of hydrogen-bond donors (Lipinski definition) is 0. The van der Waals surface area contributed by atoms with Gasteiger partial charge in [0.1, 0.15) is 0 Å². The van der Waals surface area contributed by atoms with E-state index in [1.54, 1.807) is 8.61 Å². The molecule has 0 N–H and O–H groups in total. The predicted molar refractivity (Wildman–Crippen MR) is 68.3 cm³/mol. The minimum absolute atomic E-state index is 0.00984. The van der Waals surface area contributed by atoms with Gasteiger partial charge in [-0.3, -0.25) is 0 Å². The second-order valence-electron chi connectivity index (χ2n) is 5.82. The van der Waals surface area contributed by atoms with Gasteiger partial charge in [0.05, 0.1) is 12.7 Å². The average Bonchev–Trinajstić information content (AvgIpc) is 2.89. The summed E-state index contributed by atoms with van der Waals surface area (Å²) in [5.41, 5.74) is 0. The van der Waals surface area contributed by atoms with E-state index in [-0.39, 0.29) is 6.10 Å². The molecular formula is C12H22N2O3S. The van der Waals surface area contributed by atoms with Crippen molar-refractivity contribution < 1.29 is 13.2 Å². The van der Waals surface area contributed by atoms with Crippen LogP contribution in [0.3, 0.4) is 0 Å². The normalized spacial score (nSPS) is 39.1. The third-order valence-corrected chi connectivity index (χ3v) is 6.48. The van der Waals surface area contributed by atoms with Gasteiger partial charge in [-0.1, -0.05) is 6.42 Å². The second kappa shape index (κ2) is 4.74. The molecule has 2 saturated heterocycles. The van der Waals surface area contributed by atoms with Crippen LogP contribution in [0.4, 0.5) is 0 Å². The summed E-state index contributed by atoms with van der Waals surface area (Å²) in [6.45, 7) is 4.91. The fourth-order valence-corrected chi connectivity index (χ4v) is 5.33. The van der Waals surface area contributed by atoms with E-state index in [1.165, 1.54) is 19.3 Å². The van der Waals surface area contributed by atoms with Crippen molar-refractivity contribution in [3.05, 3.63) is 0 Å². The summed E-state index contributed by atoms with van der Waals surface area (Å²) in [7, 11) is -3.25. The van der Waals surface area contributed by atoms with Crippen LogP contribution in [0.25, 0.3) is 0 Å². The molecule has 5 nitrogen and oxygen atoms in total. The molecule has 1 aliphatic carbocycles. The molecule has 0 unspecified atom stereocenters. The number of morpholine rings is 1. The standard InChI is InChI=1S/C12H22N2O3S/c1-10-7-13(5-6-17-10)18(15,16)14-8-11-3-2-4-12(11)9-14/h10-12H,2-9H2,1H3/t10-,11-,12+/m1/s1. The van der Waals surface area contributed by atoms with Crippen LogP contribution in [0.2, 0.25) is 0 Å². The summed E-state index contributed by atoms with van der Waals surface area (Å²) < 4.78 is 33.8. The van der Waals surface area contributed by atoms with Gasteiger partial charge < -0.3 is 4.74 Å². The lowest BCUT2D eigenvalue weighted by Gasteiger charge is -2.33. The zero-order chi connectivity index (χ0) is 12.8. The fraction of sp³-hybridized carbons (Fsp3) is 1.00. The Balaban J connectivity index is 1.71. The molecule has 0 aromatic carbocycles. The van der Waals surface area contributed by atoms with E-state index in [9.17, 15) is 8.42 Å². The molecule has 0 radical (unpaired) electrons. The van der Waals surface area contributed by atoms with Gasteiger partial charge in [0.25, 0.3) is 10.2 Å². The first-order valence-corrected chi connectivity index (χ1v) is 8.34. The van der Waals surface area contributed by atoms with Crippen LogP contribution in [0.5, 0.6) is 0 Å². The molecule has 1 saturated carbocycles. The summed E-state index contributed by atoms with van der Waals surface area (Å²) in [5, 5.41) is 0. The smallest absolute Gasteiger partial charge is 0.282 e. The van der Waals surface area contributed by atoms with Crippen molar-refractivity contribution in [1.82, 2.24) is 8.61 Å². The van der Waals surface area contributed by atoms with E-state index < -0.39 is 10.2 Å². The maximum Gasteiger partial charge on any atom is 0.282 e. The Morgan fingerprint density at radius 1 is 1.06 bits per heavy atom. The van der Waals surface area contributed by atoms with Crippen molar-refractivity contribution in [2.24, 2.45) is 11.8 Å². The molecule has 3 aliphatic rings. The molecular weight excluding hydrogens is 252 g/mol. The van der Waals surface area contributed by atoms with Crippen LogP contribution in [-0.4, -0.2) is 55.9 Å². The highest BCUT2D eigenvalue weighted by Crippen LogP contribution is 2.39. The van der Waals surface area contributed by atoms with Crippen molar-refractivity contribution in [3.8, 4) is 0 Å². The maximum absolute atomic E-state index is 12.6. The molecule has 3 rings (SSSR count). The van der Waals surface area contributed by atoms with E-state index in [0.29, 0.717) is 31.5 Å². The Kier molecular flexibility index (Phi) is 3.38. The summed E-state index contributed by atoms with van der Waals surface area (Å²) in [5.74, 6) is 1.22. The summed E-state index contributed by atoms with van der Waals surface area (Å²) in [6.07, 6.45) is 3.69. The first-order chi connectivity index (χ1) is 8.57. The van der Waals surface area contributed by atoms with E-state index in [1.807, 2.05) is 6.92 Å². The number of fused-ring (bicyclic) bond motifs is 1. The van der Waals surface area contributed by atoms with Gasteiger partial charge in [0.2, 0.25) is 0 Å². The van der Waals surface area contributed by atoms with Crippen molar-refractivity contribution in [1.29, 1.82) is 0 Å². The van der Waals surface area contributed by atoms with Crippen LogP contribution in [0.1, 0.15) is 26.2 Å². The van der Waals surface area contributed by atoms with Crippen LogP contribution in [-0.2, 0) is 14.9 Å². The van der Waals surface area contributed by atoms with Gasteiger partial charge in [-0.2, -0.15) is 17.0 Å². The van der Waals surface area contributed by atoms with Gasteiger partial charge in [0.15, 0.2) is 0 Å². The van der Waals surface area contributed by atoms with Gasteiger partial charge in [-0.25, -0.2) is 0 Å². The minimum atomic E-state index is -3.25. The predicted octanol–water partition coefficient (Wildman–Crippen LogP) is 0.684. The molecule has 3 atom stereocenters. The molecule has 6 heteroatoms. The molecule has 18 heavy (non-hydrogen) atoms. The van der Waals surface area contributed by atoms with E-state index in [4.69, 9.17) is 4.74 Å². The van der Waals surface area contributed by atoms with Crippen molar-refractivity contribution in [2.75, 3.05) is 32.8 Å². The van der Waals surface area contributed by atoms with E-state index in [2.05, 4.69) is 0 Å². The van der Waals surface area contributed by atoms with Crippen molar-refractivity contribution in [2.45, 2.75) is 32.3 Å². The lowest BCUT2D eigenvalue weighted by atomic mass is 10.0. The third-order valence-electron chi connectivity index (χ3n) is 4.55. The van der Waals surface area contributed by atoms with E-state index in [0.717, 1.165) is 13.1 Å². The largest absolute Gasteiger partial charge is 0.376 e. The molecule has 0 spiro atoms. The maximum atomic E-state index is 12.6. The number of nitrogens with zero attached hydrogens (tertiary/aromatic N) is 2. The van der Waals surface area contributed by atoms with Gasteiger partial charge in [-0.15, -0.1) is 0 Å². The number of rotatable bonds is 2. The molecule has 0 aromatic rings. The SMILES string of the molecule is C[C@@H]1CN(S(=O)(=O)N2C[C@H]3CCC[C@H]3C2)CCO1. The van der Waals surface area contributed by atoms with Crippen LogP contribution in [0, 0.1) is 11.8 Å². The lowest BCUT2D eigenvalue weighted by molar-refractivity contribution is 0.00843.